The molecule has 0 unspecified atom stereocenters. The third kappa shape index (κ3) is 2.24. The van der Waals surface area contributed by atoms with Gasteiger partial charge in [-0.3, -0.25) is 9.59 Å². The van der Waals surface area contributed by atoms with E-state index < -0.39 is 0 Å². The van der Waals surface area contributed by atoms with Crippen LogP contribution in [0.5, 0.6) is 0 Å². The molecular weight excluding hydrogens is 316 g/mol. The van der Waals surface area contributed by atoms with Crippen LogP contribution < -0.4 is 0 Å². The zero-order chi connectivity index (χ0) is 18.1. The third-order valence-corrected chi connectivity index (χ3v) is 8.64. The number of methoxy groups -OCH3 is 1. The number of carbonyl (C=O) groups is 2. The van der Waals surface area contributed by atoms with Gasteiger partial charge >= 0.3 is 11.9 Å². The Morgan fingerprint density at radius 2 is 1.80 bits per heavy atom. The van der Waals surface area contributed by atoms with Crippen molar-refractivity contribution in [2.24, 2.45) is 28.1 Å². The average molecular weight is 348 g/mol. The van der Waals surface area contributed by atoms with Crippen LogP contribution in [0.25, 0.3) is 0 Å². The van der Waals surface area contributed by atoms with Gasteiger partial charge in [-0.15, -0.1) is 0 Å². The van der Waals surface area contributed by atoms with Crippen molar-refractivity contribution >= 4 is 11.9 Å². The predicted molar refractivity (Wildman–Crippen MR) is 93.7 cm³/mol. The molecule has 25 heavy (non-hydrogen) atoms. The zero-order valence-electron chi connectivity index (χ0n) is 16.2. The van der Waals surface area contributed by atoms with Gasteiger partial charge in [0.05, 0.1) is 18.9 Å². The van der Waals surface area contributed by atoms with E-state index in [-0.39, 0.29) is 33.8 Å². The Balaban J connectivity index is 1.74. The van der Waals surface area contributed by atoms with Crippen LogP contribution in [0, 0.1) is 28.1 Å². The smallest absolute Gasteiger partial charge is 0.311 e. The predicted octanol–water partition coefficient (Wildman–Crippen LogP) is 4.26. The molecule has 0 radical (unpaired) electrons. The second-order valence-corrected chi connectivity index (χ2v) is 10.1. The van der Waals surface area contributed by atoms with Crippen LogP contribution in [0.4, 0.5) is 0 Å². The lowest BCUT2D eigenvalue weighted by Crippen LogP contribution is -2.63. The Bertz CT molecular complexity index is 615. The highest BCUT2D eigenvalue weighted by Crippen LogP contribution is 2.70. The van der Waals surface area contributed by atoms with E-state index in [1.165, 1.54) is 13.5 Å². The summed E-state index contributed by atoms with van der Waals surface area (Å²) in [6.07, 6.45) is 8.92. The second kappa shape index (κ2) is 5.23. The van der Waals surface area contributed by atoms with Gasteiger partial charge in [-0.2, -0.15) is 0 Å². The molecule has 0 aromatic heterocycles. The minimum atomic E-state index is -0.376. The van der Waals surface area contributed by atoms with Crippen molar-refractivity contribution in [1.82, 2.24) is 0 Å². The Hall–Kier alpha value is -1.06. The lowest BCUT2D eigenvalue weighted by atomic mass is 9.39. The van der Waals surface area contributed by atoms with Crippen LogP contribution in [0.1, 0.15) is 78.6 Å². The number of ether oxygens (including phenoxy) is 2. The number of rotatable bonds is 1. The summed E-state index contributed by atoms with van der Waals surface area (Å²) in [7, 11) is 1.52. The lowest BCUT2D eigenvalue weighted by molar-refractivity contribution is -0.230. The van der Waals surface area contributed by atoms with E-state index >= 15 is 0 Å². The first-order valence-electron chi connectivity index (χ1n) is 9.98. The third-order valence-electron chi connectivity index (χ3n) is 8.64. The molecule has 4 fully saturated rings. The SMILES string of the molecule is COC(=O)[C@]1(C)CCC[C@@]2(C)[C@@H]3CC[C@@]4(C)C[C@]3(CC[C@@H]21)CC(=O)O4. The molecule has 0 amide bonds. The van der Waals surface area contributed by atoms with Crippen LogP contribution in [-0.2, 0) is 19.1 Å². The molecule has 1 aliphatic heterocycles. The van der Waals surface area contributed by atoms with E-state index in [4.69, 9.17) is 9.47 Å². The van der Waals surface area contributed by atoms with E-state index in [0.717, 1.165) is 44.9 Å². The van der Waals surface area contributed by atoms with Gasteiger partial charge in [0, 0.05) is 0 Å². The topological polar surface area (TPSA) is 52.6 Å². The molecule has 3 saturated carbocycles. The molecule has 1 saturated heterocycles. The van der Waals surface area contributed by atoms with Crippen molar-refractivity contribution in [1.29, 1.82) is 0 Å². The zero-order valence-corrected chi connectivity index (χ0v) is 16.2. The van der Waals surface area contributed by atoms with Crippen molar-refractivity contribution in [2.45, 2.75) is 84.2 Å². The molecule has 1 spiro atoms. The van der Waals surface area contributed by atoms with E-state index in [9.17, 15) is 9.59 Å². The molecule has 4 aliphatic rings. The van der Waals surface area contributed by atoms with Crippen LogP contribution in [0.2, 0.25) is 0 Å². The Morgan fingerprint density at radius 1 is 1.08 bits per heavy atom. The van der Waals surface area contributed by atoms with Gasteiger partial charge in [0.25, 0.3) is 0 Å². The Labute approximate surface area is 151 Å². The van der Waals surface area contributed by atoms with E-state index in [1.807, 2.05) is 0 Å². The van der Waals surface area contributed by atoms with Gasteiger partial charge in [-0.25, -0.2) is 0 Å². The monoisotopic (exact) mass is 348 g/mol. The molecule has 3 aliphatic carbocycles. The van der Waals surface area contributed by atoms with Gasteiger partial charge in [-0.1, -0.05) is 13.3 Å². The fourth-order valence-electron chi connectivity index (χ4n) is 7.85. The van der Waals surface area contributed by atoms with Gasteiger partial charge in [0.1, 0.15) is 5.60 Å². The Kier molecular flexibility index (Phi) is 3.63. The minimum Gasteiger partial charge on any atom is -0.469 e. The molecule has 1 heterocycles. The maximum absolute atomic E-state index is 12.7. The number of fused-ring (bicyclic) bond motifs is 3. The van der Waals surface area contributed by atoms with Gasteiger partial charge in [0.15, 0.2) is 0 Å². The summed E-state index contributed by atoms with van der Waals surface area (Å²) < 4.78 is 11.0. The summed E-state index contributed by atoms with van der Waals surface area (Å²) in [5.41, 5.74) is -0.436. The molecule has 4 nitrogen and oxygen atoms in total. The molecule has 0 aromatic carbocycles. The second-order valence-electron chi connectivity index (χ2n) is 10.1. The molecule has 2 bridgehead atoms. The summed E-state index contributed by atoms with van der Waals surface area (Å²) in [5.74, 6) is 0.832. The molecule has 4 rings (SSSR count). The quantitative estimate of drug-likeness (QED) is 0.665. The number of hydrogen-bond acceptors (Lipinski definition) is 4. The lowest BCUT2D eigenvalue weighted by Gasteiger charge is -2.67. The van der Waals surface area contributed by atoms with Gasteiger partial charge in [0.2, 0.25) is 0 Å². The fourth-order valence-corrected chi connectivity index (χ4v) is 7.85. The summed E-state index contributed by atoms with van der Waals surface area (Å²) in [6.45, 7) is 6.66. The highest BCUT2D eigenvalue weighted by molar-refractivity contribution is 5.77. The maximum atomic E-state index is 12.7. The summed E-state index contributed by atoms with van der Waals surface area (Å²) >= 11 is 0. The highest BCUT2D eigenvalue weighted by atomic mass is 16.6. The minimum absolute atomic E-state index is 0.00737. The van der Waals surface area contributed by atoms with Crippen molar-refractivity contribution in [3.05, 3.63) is 0 Å². The van der Waals surface area contributed by atoms with Gasteiger partial charge < -0.3 is 9.47 Å². The molecular formula is C21H32O4. The van der Waals surface area contributed by atoms with Crippen molar-refractivity contribution < 1.29 is 19.1 Å². The maximum Gasteiger partial charge on any atom is 0.311 e. The fraction of sp³-hybridized carbons (Fsp3) is 0.905. The summed E-state index contributed by atoms with van der Waals surface area (Å²) in [5, 5.41) is 0. The molecule has 0 N–H and O–H groups in total. The average Bonchev–Trinajstić information content (AvgIpc) is 2.51. The molecule has 140 valence electrons. The number of carbonyl (C=O) groups excluding carboxylic acids is 2. The van der Waals surface area contributed by atoms with Crippen LogP contribution in [0.15, 0.2) is 0 Å². The summed E-state index contributed by atoms with van der Waals surface area (Å²) in [6, 6.07) is 0. The largest absolute Gasteiger partial charge is 0.469 e. The molecule has 6 atom stereocenters. The highest BCUT2D eigenvalue weighted by Gasteiger charge is 2.66. The van der Waals surface area contributed by atoms with Crippen LogP contribution in [0.3, 0.4) is 0 Å². The van der Waals surface area contributed by atoms with Crippen molar-refractivity contribution in [3.63, 3.8) is 0 Å². The van der Waals surface area contributed by atoms with Crippen molar-refractivity contribution in [2.75, 3.05) is 7.11 Å². The molecule has 4 heteroatoms. The normalized spacial score (nSPS) is 51.8. The first-order valence-corrected chi connectivity index (χ1v) is 9.98. The van der Waals surface area contributed by atoms with Crippen LogP contribution in [-0.4, -0.2) is 24.6 Å². The van der Waals surface area contributed by atoms with Crippen molar-refractivity contribution in [3.8, 4) is 0 Å². The van der Waals surface area contributed by atoms with E-state index in [1.54, 1.807) is 0 Å². The first kappa shape index (κ1) is 17.4. The van der Waals surface area contributed by atoms with E-state index in [2.05, 4.69) is 20.8 Å². The number of esters is 2. The molecule has 0 aromatic rings. The van der Waals surface area contributed by atoms with Crippen LogP contribution >= 0.6 is 0 Å². The summed E-state index contributed by atoms with van der Waals surface area (Å²) in [4.78, 5) is 25.0. The first-order chi connectivity index (χ1) is 11.7. The standard InChI is InChI=1S/C21H32O4/c1-18-10-6-15-19(2)8-5-9-20(3,17(23)24-4)14(19)7-11-21(15,13-18)12-16(22)25-18/h14-15H,5-13H2,1-4H3/t14-,15-,18-,19+,20+,21-/m0/s1. The van der Waals surface area contributed by atoms with E-state index in [0.29, 0.717) is 18.3 Å². The number of hydrogen-bond donors (Lipinski definition) is 0. The Morgan fingerprint density at radius 3 is 2.52 bits per heavy atom. The van der Waals surface area contributed by atoms with Gasteiger partial charge in [-0.05, 0) is 81.5 Å².